The van der Waals surface area contributed by atoms with Crippen molar-refractivity contribution in [1.29, 1.82) is 0 Å². The zero-order valence-corrected chi connectivity index (χ0v) is 10.5. The molecule has 2 aromatic heterocycles. The van der Waals surface area contributed by atoms with Gasteiger partial charge in [0, 0.05) is 19.4 Å². The van der Waals surface area contributed by atoms with Crippen LogP contribution in [0, 0.1) is 6.92 Å². The molecule has 0 amide bonds. The second-order valence-electron chi connectivity index (χ2n) is 3.79. The topological polar surface area (TPSA) is 69.9 Å². The van der Waals surface area contributed by atoms with Crippen molar-refractivity contribution < 1.29 is 9.53 Å². The molecule has 0 bridgehead atoms. The summed E-state index contributed by atoms with van der Waals surface area (Å²) in [6, 6.07) is 1.82. The van der Waals surface area contributed by atoms with Gasteiger partial charge in [0.05, 0.1) is 17.9 Å². The largest absolute Gasteiger partial charge is 0.462 e. The van der Waals surface area contributed by atoms with Crippen molar-refractivity contribution in [2.75, 3.05) is 6.61 Å². The van der Waals surface area contributed by atoms with Crippen LogP contribution in [0.25, 0.3) is 11.5 Å². The van der Waals surface area contributed by atoms with E-state index >= 15 is 0 Å². The summed E-state index contributed by atoms with van der Waals surface area (Å²) in [4.78, 5) is 20.0. The number of nitrogens with zero attached hydrogens (tertiary/aromatic N) is 4. The number of ether oxygens (including phenoxy) is 1. The molecule has 0 atom stereocenters. The lowest BCUT2D eigenvalue weighted by Crippen LogP contribution is -2.09. The van der Waals surface area contributed by atoms with Gasteiger partial charge in [0.15, 0.2) is 5.82 Å². The van der Waals surface area contributed by atoms with Gasteiger partial charge in [-0.2, -0.15) is 5.10 Å². The molecule has 2 rings (SSSR count). The maximum Gasteiger partial charge on any atom is 0.341 e. The van der Waals surface area contributed by atoms with Gasteiger partial charge >= 0.3 is 5.97 Å². The first kappa shape index (κ1) is 12.2. The molecule has 0 aliphatic rings. The van der Waals surface area contributed by atoms with Gasteiger partial charge < -0.3 is 4.74 Å². The molecule has 0 aliphatic heterocycles. The minimum atomic E-state index is -0.400. The Balaban J connectivity index is 2.33. The first-order chi connectivity index (χ1) is 8.61. The molecule has 0 fully saturated rings. The molecule has 6 nitrogen and oxygen atoms in total. The average molecular weight is 246 g/mol. The summed E-state index contributed by atoms with van der Waals surface area (Å²) in [6.07, 6.45) is 3.29. The van der Waals surface area contributed by atoms with E-state index in [4.69, 9.17) is 4.74 Å². The molecule has 18 heavy (non-hydrogen) atoms. The van der Waals surface area contributed by atoms with Crippen LogP contribution in [0.4, 0.5) is 0 Å². The molecule has 94 valence electrons. The van der Waals surface area contributed by atoms with Crippen LogP contribution in [0.1, 0.15) is 23.0 Å². The number of carbonyl (C=O) groups is 1. The molecule has 0 aromatic carbocycles. The van der Waals surface area contributed by atoms with Crippen molar-refractivity contribution in [3.63, 3.8) is 0 Å². The SMILES string of the molecule is CCOC(=O)c1cnc(-c2ccn(C)n2)nc1C. The highest BCUT2D eigenvalue weighted by Gasteiger charge is 2.14. The Hall–Kier alpha value is -2.24. The van der Waals surface area contributed by atoms with Crippen LogP contribution in [0.15, 0.2) is 18.5 Å². The Labute approximate surface area is 105 Å². The number of aromatic nitrogens is 4. The van der Waals surface area contributed by atoms with Crippen molar-refractivity contribution in [3.8, 4) is 11.5 Å². The average Bonchev–Trinajstić information content (AvgIpc) is 2.76. The van der Waals surface area contributed by atoms with Gasteiger partial charge in [-0.05, 0) is 19.9 Å². The number of hydrogen-bond acceptors (Lipinski definition) is 5. The second-order valence-corrected chi connectivity index (χ2v) is 3.79. The van der Waals surface area contributed by atoms with E-state index in [9.17, 15) is 4.79 Å². The fourth-order valence-corrected chi connectivity index (χ4v) is 1.53. The smallest absolute Gasteiger partial charge is 0.341 e. The van der Waals surface area contributed by atoms with E-state index in [2.05, 4.69) is 15.1 Å². The van der Waals surface area contributed by atoms with Gasteiger partial charge in [0.2, 0.25) is 0 Å². The first-order valence-electron chi connectivity index (χ1n) is 5.62. The van der Waals surface area contributed by atoms with E-state index in [1.54, 1.807) is 18.5 Å². The van der Waals surface area contributed by atoms with Gasteiger partial charge in [0.1, 0.15) is 5.69 Å². The summed E-state index contributed by atoms with van der Waals surface area (Å²) in [6.45, 7) is 3.84. The van der Waals surface area contributed by atoms with Crippen LogP contribution in [-0.4, -0.2) is 32.3 Å². The second kappa shape index (κ2) is 4.95. The van der Waals surface area contributed by atoms with Crippen LogP contribution >= 0.6 is 0 Å². The summed E-state index contributed by atoms with van der Waals surface area (Å²) >= 11 is 0. The number of rotatable bonds is 3. The molecule has 6 heteroatoms. The fraction of sp³-hybridized carbons (Fsp3) is 0.333. The molecule has 0 unspecified atom stereocenters. The molecule has 2 heterocycles. The van der Waals surface area contributed by atoms with E-state index in [0.29, 0.717) is 29.4 Å². The van der Waals surface area contributed by atoms with Crippen LogP contribution in [0.5, 0.6) is 0 Å². The summed E-state index contributed by atoms with van der Waals surface area (Å²) in [5, 5.41) is 4.21. The maximum absolute atomic E-state index is 11.6. The quantitative estimate of drug-likeness (QED) is 0.765. The van der Waals surface area contributed by atoms with Crippen LogP contribution in [-0.2, 0) is 11.8 Å². The fourth-order valence-electron chi connectivity index (χ4n) is 1.53. The van der Waals surface area contributed by atoms with Gasteiger partial charge in [0.25, 0.3) is 0 Å². The van der Waals surface area contributed by atoms with Gasteiger partial charge in [-0.1, -0.05) is 0 Å². The lowest BCUT2D eigenvalue weighted by Gasteiger charge is -2.05. The molecular weight excluding hydrogens is 232 g/mol. The highest BCUT2D eigenvalue weighted by molar-refractivity contribution is 5.90. The zero-order valence-electron chi connectivity index (χ0n) is 10.5. The minimum Gasteiger partial charge on any atom is -0.462 e. The van der Waals surface area contributed by atoms with E-state index in [0.717, 1.165) is 0 Å². The van der Waals surface area contributed by atoms with Crippen molar-refractivity contribution in [2.45, 2.75) is 13.8 Å². The summed E-state index contributed by atoms with van der Waals surface area (Å²) < 4.78 is 6.59. The molecule has 0 radical (unpaired) electrons. The Kier molecular flexibility index (Phi) is 3.36. The standard InChI is InChI=1S/C12H14N4O2/c1-4-18-12(17)9-7-13-11(14-8(9)2)10-5-6-16(3)15-10/h5-7H,4H2,1-3H3. The van der Waals surface area contributed by atoms with Gasteiger partial charge in [-0.3, -0.25) is 4.68 Å². The number of aryl methyl sites for hydroxylation is 2. The van der Waals surface area contributed by atoms with Gasteiger partial charge in [-0.15, -0.1) is 0 Å². The molecule has 0 spiro atoms. The van der Waals surface area contributed by atoms with Crippen molar-refractivity contribution in [1.82, 2.24) is 19.7 Å². The summed E-state index contributed by atoms with van der Waals surface area (Å²) in [5.41, 5.74) is 1.65. The molecule has 0 saturated heterocycles. The molecular formula is C12H14N4O2. The first-order valence-corrected chi connectivity index (χ1v) is 5.62. The Bertz CT molecular complexity index is 577. The highest BCUT2D eigenvalue weighted by Crippen LogP contribution is 2.14. The number of hydrogen-bond donors (Lipinski definition) is 0. The Morgan fingerprint density at radius 2 is 2.28 bits per heavy atom. The zero-order chi connectivity index (χ0) is 13.1. The molecule has 0 N–H and O–H groups in total. The molecule has 2 aromatic rings. The van der Waals surface area contributed by atoms with E-state index in [-0.39, 0.29) is 0 Å². The normalized spacial score (nSPS) is 10.4. The van der Waals surface area contributed by atoms with E-state index in [1.807, 2.05) is 19.3 Å². The van der Waals surface area contributed by atoms with Crippen LogP contribution in [0.3, 0.4) is 0 Å². The number of esters is 1. The predicted molar refractivity (Wildman–Crippen MR) is 64.9 cm³/mol. The van der Waals surface area contributed by atoms with Crippen molar-refractivity contribution >= 4 is 5.97 Å². The lowest BCUT2D eigenvalue weighted by atomic mass is 10.2. The highest BCUT2D eigenvalue weighted by atomic mass is 16.5. The third-order valence-electron chi connectivity index (χ3n) is 2.42. The van der Waals surface area contributed by atoms with Crippen LogP contribution in [0.2, 0.25) is 0 Å². The number of carbonyl (C=O) groups excluding carboxylic acids is 1. The summed E-state index contributed by atoms with van der Waals surface area (Å²) in [7, 11) is 1.82. The minimum absolute atomic E-state index is 0.334. The van der Waals surface area contributed by atoms with Crippen LogP contribution < -0.4 is 0 Å². The van der Waals surface area contributed by atoms with Gasteiger partial charge in [-0.25, -0.2) is 14.8 Å². The molecule has 0 aliphatic carbocycles. The third-order valence-corrected chi connectivity index (χ3v) is 2.42. The Morgan fingerprint density at radius 1 is 1.50 bits per heavy atom. The molecule has 0 saturated carbocycles. The lowest BCUT2D eigenvalue weighted by molar-refractivity contribution is 0.0524. The van der Waals surface area contributed by atoms with E-state index < -0.39 is 5.97 Å². The van der Waals surface area contributed by atoms with Crippen molar-refractivity contribution in [3.05, 3.63) is 29.7 Å². The Morgan fingerprint density at radius 3 is 2.83 bits per heavy atom. The monoisotopic (exact) mass is 246 g/mol. The predicted octanol–water partition coefficient (Wildman–Crippen LogP) is 1.36. The van der Waals surface area contributed by atoms with E-state index in [1.165, 1.54) is 6.20 Å². The third kappa shape index (κ3) is 2.37. The van der Waals surface area contributed by atoms with Crippen molar-refractivity contribution in [2.24, 2.45) is 7.05 Å². The summed E-state index contributed by atoms with van der Waals surface area (Å²) in [5.74, 6) is 0.101. The maximum atomic E-state index is 11.6.